The van der Waals surface area contributed by atoms with Crippen LogP contribution < -0.4 is 9.47 Å². The predicted molar refractivity (Wildman–Crippen MR) is 124 cm³/mol. The lowest BCUT2D eigenvalue weighted by molar-refractivity contribution is 0.0501. The number of hydrogen-bond donors (Lipinski definition) is 1. The monoisotopic (exact) mass is 445 g/mol. The molecule has 1 atom stereocenters. The predicted octanol–water partition coefficient (Wildman–Crippen LogP) is 3.13. The summed E-state index contributed by atoms with van der Waals surface area (Å²) in [6.45, 7) is 3.31. The van der Waals surface area contributed by atoms with Gasteiger partial charge in [-0.25, -0.2) is 4.98 Å². The highest BCUT2D eigenvalue weighted by atomic mass is 16.5. The Morgan fingerprint density at radius 2 is 1.88 bits per heavy atom. The summed E-state index contributed by atoms with van der Waals surface area (Å²) in [7, 11) is 0. The third-order valence-corrected chi connectivity index (χ3v) is 6.06. The van der Waals surface area contributed by atoms with Crippen molar-refractivity contribution in [2.75, 3.05) is 32.8 Å². The number of pyridine rings is 1. The van der Waals surface area contributed by atoms with E-state index < -0.39 is 6.10 Å². The van der Waals surface area contributed by atoms with Crippen molar-refractivity contribution in [3.63, 3.8) is 0 Å². The van der Waals surface area contributed by atoms with Crippen LogP contribution in [-0.4, -0.2) is 64.7 Å². The molecule has 0 spiro atoms. The zero-order valence-corrected chi connectivity index (χ0v) is 18.4. The first-order chi connectivity index (χ1) is 16.2. The van der Waals surface area contributed by atoms with Crippen molar-refractivity contribution in [1.82, 2.24) is 14.8 Å². The molecule has 2 aliphatic rings. The Hall–Kier alpha value is -3.42. The summed E-state index contributed by atoms with van der Waals surface area (Å²) < 4.78 is 11.6. The van der Waals surface area contributed by atoms with Crippen molar-refractivity contribution in [2.45, 2.75) is 19.1 Å². The fourth-order valence-electron chi connectivity index (χ4n) is 4.42. The maximum absolute atomic E-state index is 13.2. The molecule has 1 unspecified atom stereocenters. The molecule has 33 heavy (non-hydrogen) atoms. The van der Waals surface area contributed by atoms with E-state index in [2.05, 4.69) is 34.1 Å². The Kier molecular flexibility index (Phi) is 6.24. The molecule has 0 aliphatic carbocycles. The minimum atomic E-state index is -0.632. The molecular weight excluding hydrogens is 418 g/mol. The molecule has 1 aromatic heterocycles. The molecule has 0 saturated carbocycles. The average Bonchev–Trinajstić information content (AvgIpc) is 2.98. The molecule has 3 aromatic rings. The number of carbonyl (C=O) groups is 1. The molecule has 170 valence electrons. The number of fused-ring (bicyclic) bond motifs is 2. The number of aliphatic hydroxyl groups excluding tert-OH is 1. The van der Waals surface area contributed by atoms with E-state index in [1.807, 2.05) is 12.1 Å². The molecule has 7 heteroatoms. The summed E-state index contributed by atoms with van der Waals surface area (Å²) in [5.74, 6) is 1.37. The highest BCUT2D eigenvalue weighted by Crippen LogP contribution is 2.30. The molecule has 0 radical (unpaired) electrons. The lowest BCUT2D eigenvalue weighted by atomic mass is 10.00. The molecule has 7 nitrogen and oxygen atoms in total. The lowest BCUT2D eigenvalue weighted by Crippen LogP contribution is -2.44. The smallest absolute Gasteiger partial charge is 0.257 e. The van der Waals surface area contributed by atoms with Gasteiger partial charge in [0.2, 0.25) is 5.88 Å². The zero-order chi connectivity index (χ0) is 22.6. The molecule has 2 aliphatic heterocycles. The van der Waals surface area contributed by atoms with Gasteiger partial charge in [0.25, 0.3) is 5.91 Å². The van der Waals surface area contributed by atoms with Crippen molar-refractivity contribution in [3.8, 4) is 17.4 Å². The summed E-state index contributed by atoms with van der Waals surface area (Å²) in [5.41, 5.74) is 3.17. The SMILES string of the molecule is O=C1c2ccc(Oc3ccccn3)cc2OCCN1CC(O)CN1CCc2ccccc2C1. The minimum Gasteiger partial charge on any atom is -0.491 e. The van der Waals surface area contributed by atoms with Gasteiger partial charge in [-0.05, 0) is 35.7 Å². The number of carbonyl (C=O) groups excluding carboxylic acids is 1. The first kappa shape index (κ1) is 21.4. The van der Waals surface area contributed by atoms with Gasteiger partial charge in [0.15, 0.2) is 0 Å². The largest absolute Gasteiger partial charge is 0.491 e. The van der Waals surface area contributed by atoms with Gasteiger partial charge in [-0.3, -0.25) is 9.69 Å². The Balaban J connectivity index is 1.22. The summed E-state index contributed by atoms with van der Waals surface area (Å²) in [6.07, 6.45) is 2.01. The highest BCUT2D eigenvalue weighted by Gasteiger charge is 2.27. The summed E-state index contributed by atoms with van der Waals surface area (Å²) in [6, 6.07) is 19.0. The van der Waals surface area contributed by atoms with Crippen molar-refractivity contribution < 1.29 is 19.4 Å². The number of ether oxygens (including phenoxy) is 2. The number of benzene rings is 2. The summed E-state index contributed by atoms with van der Waals surface area (Å²) in [4.78, 5) is 21.2. The Morgan fingerprint density at radius 1 is 1.03 bits per heavy atom. The van der Waals surface area contributed by atoms with Crippen LogP contribution in [0.2, 0.25) is 0 Å². The Bertz CT molecular complexity index is 1120. The fourth-order valence-corrected chi connectivity index (χ4v) is 4.42. The third-order valence-electron chi connectivity index (χ3n) is 6.06. The number of β-amino-alcohol motifs (C(OH)–C–C–N with tert-alkyl or cyclic N) is 1. The van der Waals surface area contributed by atoms with E-state index in [9.17, 15) is 9.90 Å². The molecule has 5 rings (SSSR count). The highest BCUT2D eigenvalue weighted by molar-refractivity contribution is 5.97. The molecule has 0 bridgehead atoms. The van der Waals surface area contributed by atoms with Crippen LogP contribution in [0.4, 0.5) is 0 Å². The van der Waals surface area contributed by atoms with E-state index in [4.69, 9.17) is 9.47 Å². The molecular formula is C26H27N3O4. The maximum Gasteiger partial charge on any atom is 0.257 e. The van der Waals surface area contributed by atoms with E-state index >= 15 is 0 Å². The quantitative estimate of drug-likeness (QED) is 0.628. The van der Waals surface area contributed by atoms with Crippen LogP contribution >= 0.6 is 0 Å². The standard InChI is InChI=1S/C26H27N3O4/c30-21(17-28-12-10-19-5-1-2-6-20(19)16-28)18-29-13-14-32-24-15-22(8-9-23(24)26(29)31)33-25-7-3-4-11-27-25/h1-9,11,15,21,30H,10,12-14,16-18H2. The maximum atomic E-state index is 13.2. The zero-order valence-electron chi connectivity index (χ0n) is 18.4. The Morgan fingerprint density at radius 3 is 2.73 bits per heavy atom. The number of aromatic nitrogens is 1. The van der Waals surface area contributed by atoms with Crippen LogP contribution in [0.3, 0.4) is 0 Å². The van der Waals surface area contributed by atoms with Gasteiger partial charge < -0.3 is 19.5 Å². The number of nitrogens with zero attached hydrogens (tertiary/aromatic N) is 3. The van der Waals surface area contributed by atoms with Gasteiger partial charge in [0, 0.05) is 44.5 Å². The number of amides is 1. The van der Waals surface area contributed by atoms with E-state index in [0.29, 0.717) is 42.6 Å². The van der Waals surface area contributed by atoms with Gasteiger partial charge >= 0.3 is 0 Å². The van der Waals surface area contributed by atoms with Gasteiger partial charge in [-0.2, -0.15) is 0 Å². The van der Waals surface area contributed by atoms with Gasteiger partial charge in [0.05, 0.1) is 18.2 Å². The minimum absolute atomic E-state index is 0.144. The Labute approximate surface area is 193 Å². The lowest BCUT2D eigenvalue weighted by Gasteiger charge is -2.32. The fraction of sp³-hybridized carbons (Fsp3) is 0.308. The molecule has 0 fully saturated rings. The first-order valence-electron chi connectivity index (χ1n) is 11.3. The van der Waals surface area contributed by atoms with Crippen LogP contribution in [-0.2, 0) is 13.0 Å². The molecule has 3 heterocycles. The molecule has 1 amide bonds. The van der Waals surface area contributed by atoms with Crippen molar-refractivity contribution in [3.05, 3.63) is 83.6 Å². The first-order valence-corrected chi connectivity index (χ1v) is 11.3. The van der Waals surface area contributed by atoms with Crippen LogP contribution in [0.1, 0.15) is 21.5 Å². The van der Waals surface area contributed by atoms with Crippen molar-refractivity contribution >= 4 is 5.91 Å². The van der Waals surface area contributed by atoms with Crippen molar-refractivity contribution in [1.29, 1.82) is 0 Å². The van der Waals surface area contributed by atoms with Gasteiger partial charge in [0.1, 0.15) is 18.1 Å². The van der Waals surface area contributed by atoms with E-state index in [0.717, 1.165) is 19.5 Å². The molecule has 0 saturated heterocycles. The number of aliphatic hydroxyl groups is 1. The second-order valence-electron chi connectivity index (χ2n) is 8.44. The van der Waals surface area contributed by atoms with E-state index in [1.54, 1.807) is 35.4 Å². The van der Waals surface area contributed by atoms with Gasteiger partial charge in [-0.15, -0.1) is 0 Å². The second kappa shape index (κ2) is 9.60. The van der Waals surface area contributed by atoms with E-state index in [-0.39, 0.29) is 12.5 Å². The third kappa shape index (κ3) is 4.99. The van der Waals surface area contributed by atoms with E-state index in [1.165, 1.54) is 11.1 Å². The molecule has 1 N–H and O–H groups in total. The summed E-state index contributed by atoms with van der Waals surface area (Å²) >= 11 is 0. The normalized spacial score (nSPS) is 16.9. The van der Waals surface area contributed by atoms with Crippen LogP contribution in [0.5, 0.6) is 17.4 Å². The van der Waals surface area contributed by atoms with Crippen LogP contribution in [0.25, 0.3) is 0 Å². The second-order valence-corrected chi connectivity index (χ2v) is 8.44. The van der Waals surface area contributed by atoms with Crippen LogP contribution in [0, 0.1) is 0 Å². The van der Waals surface area contributed by atoms with Crippen LogP contribution in [0.15, 0.2) is 66.9 Å². The topological polar surface area (TPSA) is 75.1 Å². The van der Waals surface area contributed by atoms with Gasteiger partial charge in [-0.1, -0.05) is 30.3 Å². The molecule has 2 aromatic carbocycles. The number of hydrogen-bond acceptors (Lipinski definition) is 6. The average molecular weight is 446 g/mol. The summed E-state index contributed by atoms with van der Waals surface area (Å²) in [5, 5.41) is 10.8. The number of rotatable bonds is 6. The van der Waals surface area contributed by atoms with Crippen molar-refractivity contribution in [2.24, 2.45) is 0 Å².